The smallest absolute Gasteiger partial charge is 0.326 e. The van der Waals surface area contributed by atoms with E-state index in [-0.39, 0.29) is 6.54 Å². The molecule has 0 fully saturated rings. The molecule has 0 radical (unpaired) electrons. The second-order valence-corrected chi connectivity index (χ2v) is 3.98. The number of amides is 2. The van der Waals surface area contributed by atoms with E-state index >= 15 is 0 Å². The molecule has 0 aromatic carbocycles. The first kappa shape index (κ1) is 15.0. The normalized spacial score (nSPS) is 11.8. The number of aliphatic carboxylic acids is 1. The topological polar surface area (TPSA) is 101 Å². The first-order valence-electron chi connectivity index (χ1n) is 5.90. The minimum atomic E-state index is -1.06. The molecule has 0 spiro atoms. The molecule has 19 heavy (non-hydrogen) atoms. The van der Waals surface area contributed by atoms with Crippen LogP contribution in [0.1, 0.15) is 18.4 Å². The Bertz CT molecular complexity index is 391. The van der Waals surface area contributed by atoms with E-state index < -0.39 is 18.0 Å². The maximum absolute atomic E-state index is 11.5. The van der Waals surface area contributed by atoms with Gasteiger partial charge < -0.3 is 24.9 Å². The van der Waals surface area contributed by atoms with E-state index in [9.17, 15) is 9.59 Å². The molecule has 7 heteroatoms. The van der Waals surface area contributed by atoms with Crippen LogP contribution in [0.3, 0.4) is 0 Å². The first-order valence-corrected chi connectivity index (χ1v) is 5.90. The van der Waals surface area contributed by atoms with Crippen molar-refractivity contribution >= 4 is 12.0 Å². The summed E-state index contributed by atoms with van der Waals surface area (Å²) in [4.78, 5) is 22.5. The van der Waals surface area contributed by atoms with Crippen molar-refractivity contribution in [3.63, 3.8) is 0 Å². The van der Waals surface area contributed by atoms with Crippen LogP contribution in [0.15, 0.2) is 23.0 Å². The number of carboxylic acid groups (broad SMARTS) is 1. The van der Waals surface area contributed by atoms with Crippen LogP contribution in [0.5, 0.6) is 0 Å². The van der Waals surface area contributed by atoms with Crippen LogP contribution >= 0.6 is 0 Å². The molecule has 0 aliphatic carbocycles. The van der Waals surface area contributed by atoms with Crippen LogP contribution in [-0.2, 0) is 16.1 Å². The summed E-state index contributed by atoms with van der Waals surface area (Å²) >= 11 is 0. The summed E-state index contributed by atoms with van der Waals surface area (Å²) in [6.07, 6.45) is 3.89. The standard InChI is InChI=1S/C12H18N2O5/c1-18-5-2-3-10(11(15)16)14-12(17)13-7-9-4-6-19-8-9/h4,6,8,10H,2-3,5,7H2,1H3,(H,15,16)(H2,13,14,17). The van der Waals surface area contributed by atoms with Gasteiger partial charge in [-0.05, 0) is 18.9 Å². The monoisotopic (exact) mass is 270 g/mol. The molecule has 2 amide bonds. The molecule has 0 saturated heterocycles. The Morgan fingerprint density at radius 1 is 1.53 bits per heavy atom. The molecule has 1 atom stereocenters. The van der Waals surface area contributed by atoms with E-state index in [1.54, 1.807) is 13.2 Å². The Morgan fingerprint density at radius 3 is 2.89 bits per heavy atom. The van der Waals surface area contributed by atoms with Gasteiger partial charge >= 0.3 is 12.0 Å². The van der Waals surface area contributed by atoms with Crippen molar-refractivity contribution < 1.29 is 23.8 Å². The average molecular weight is 270 g/mol. The lowest BCUT2D eigenvalue weighted by atomic mass is 10.1. The highest BCUT2D eigenvalue weighted by molar-refractivity contribution is 5.82. The Morgan fingerprint density at radius 2 is 2.32 bits per heavy atom. The number of carbonyl (C=O) groups is 2. The van der Waals surface area contributed by atoms with Crippen molar-refractivity contribution in [1.29, 1.82) is 0 Å². The van der Waals surface area contributed by atoms with Crippen molar-refractivity contribution in [2.45, 2.75) is 25.4 Å². The third-order valence-corrected chi connectivity index (χ3v) is 2.48. The minimum Gasteiger partial charge on any atom is -0.480 e. The Kier molecular flexibility index (Phi) is 6.45. The number of methoxy groups -OCH3 is 1. The van der Waals surface area contributed by atoms with Gasteiger partial charge in [0.25, 0.3) is 0 Å². The number of ether oxygens (including phenoxy) is 1. The molecule has 0 saturated carbocycles. The third kappa shape index (κ3) is 5.91. The predicted molar refractivity (Wildman–Crippen MR) is 66.6 cm³/mol. The zero-order valence-electron chi connectivity index (χ0n) is 10.7. The van der Waals surface area contributed by atoms with Gasteiger partial charge in [-0.15, -0.1) is 0 Å². The van der Waals surface area contributed by atoms with Crippen LogP contribution in [-0.4, -0.2) is 36.9 Å². The first-order chi connectivity index (χ1) is 9.13. The Labute approximate surface area is 110 Å². The number of nitrogens with one attached hydrogen (secondary N) is 2. The highest BCUT2D eigenvalue weighted by Crippen LogP contribution is 2.00. The summed E-state index contributed by atoms with van der Waals surface area (Å²) in [5, 5.41) is 13.9. The number of furan rings is 1. The van der Waals surface area contributed by atoms with Gasteiger partial charge in [-0.3, -0.25) is 0 Å². The van der Waals surface area contributed by atoms with Crippen LogP contribution in [0.25, 0.3) is 0 Å². The molecular weight excluding hydrogens is 252 g/mol. The summed E-state index contributed by atoms with van der Waals surface area (Å²) in [5.41, 5.74) is 0.807. The summed E-state index contributed by atoms with van der Waals surface area (Å²) in [6, 6.07) is 0.276. The fraction of sp³-hybridized carbons (Fsp3) is 0.500. The van der Waals surface area contributed by atoms with E-state index in [2.05, 4.69) is 10.6 Å². The maximum atomic E-state index is 11.5. The summed E-state index contributed by atoms with van der Waals surface area (Å²) in [7, 11) is 1.54. The second kappa shape index (κ2) is 8.15. The zero-order valence-corrected chi connectivity index (χ0v) is 10.7. The molecule has 0 bridgehead atoms. The molecule has 3 N–H and O–H groups in total. The molecular formula is C12H18N2O5. The molecule has 1 rings (SSSR count). The second-order valence-electron chi connectivity index (χ2n) is 3.98. The van der Waals surface area contributed by atoms with Gasteiger partial charge in [-0.1, -0.05) is 0 Å². The van der Waals surface area contributed by atoms with E-state index in [0.29, 0.717) is 19.4 Å². The SMILES string of the molecule is COCCCC(NC(=O)NCc1ccoc1)C(=O)O. The highest BCUT2D eigenvalue weighted by atomic mass is 16.5. The summed E-state index contributed by atoms with van der Waals surface area (Å²) < 4.78 is 9.69. The van der Waals surface area contributed by atoms with Crippen molar-refractivity contribution in [3.05, 3.63) is 24.2 Å². The van der Waals surface area contributed by atoms with Gasteiger partial charge in [0.05, 0.1) is 12.5 Å². The number of carbonyl (C=O) groups excluding carboxylic acids is 1. The van der Waals surface area contributed by atoms with E-state index in [0.717, 1.165) is 5.56 Å². The number of carboxylic acids is 1. The highest BCUT2D eigenvalue weighted by Gasteiger charge is 2.19. The van der Waals surface area contributed by atoms with Gasteiger partial charge in [0.2, 0.25) is 0 Å². The van der Waals surface area contributed by atoms with Crippen molar-refractivity contribution in [3.8, 4) is 0 Å². The van der Waals surface area contributed by atoms with Crippen LogP contribution in [0.2, 0.25) is 0 Å². The Hall–Kier alpha value is -2.02. The average Bonchev–Trinajstić information content (AvgIpc) is 2.88. The zero-order chi connectivity index (χ0) is 14.1. The molecule has 7 nitrogen and oxygen atoms in total. The van der Waals surface area contributed by atoms with Crippen LogP contribution in [0.4, 0.5) is 4.79 Å². The number of urea groups is 1. The Balaban J connectivity index is 2.32. The molecule has 1 aromatic heterocycles. The third-order valence-electron chi connectivity index (χ3n) is 2.48. The van der Waals surface area contributed by atoms with Crippen molar-refractivity contribution in [2.24, 2.45) is 0 Å². The fourth-order valence-corrected chi connectivity index (χ4v) is 1.47. The fourth-order valence-electron chi connectivity index (χ4n) is 1.47. The maximum Gasteiger partial charge on any atom is 0.326 e. The molecule has 106 valence electrons. The van der Waals surface area contributed by atoms with Crippen LogP contribution < -0.4 is 10.6 Å². The lowest BCUT2D eigenvalue weighted by molar-refractivity contribution is -0.139. The molecule has 1 unspecified atom stereocenters. The van der Waals surface area contributed by atoms with Gasteiger partial charge in [0.15, 0.2) is 0 Å². The number of hydrogen-bond donors (Lipinski definition) is 3. The molecule has 0 aliphatic heterocycles. The minimum absolute atomic E-state index is 0.284. The molecule has 1 aromatic rings. The lowest BCUT2D eigenvalue weighted by Crippen LogP contribution is -2.45. The van der Waals surface area contributed by atoms with Crippen molar-refractivity contribution in [1.82, 2.24) is 10.6 Å². The largest absolute Gasteiger partial charge is 0.480 e. The van der Waals surface area contributed by atoms with E-state index in [1.165, 1.54) is 12.5 Å². The lowest BCUT2D eigenvalue weighted by Gasteiger charge is -2.14. The van der Waals surface area contributed by atoms with Crippen LogP contribution in [0, 0.1) is 0 Å². The van der Waals surface area contributed by atoms with Crippen molar-refractivity contribution in [2.75, 3.05) is 13.7 Å². The van der Waals surface area contributed by atoms with Gasteiger partial charge in [-0.2, -0.15) is 0 Å². The van der Waals surface area contributed by atoms with E-state index in [1.807, 2.05) is 0 Å². The molecule has 1 heterocycles. The number of rotatable bonds is 8. The van der Waals surface area contributed by atoms with E-state index in [4.69, 9.17) is 14.3 Å². The molecule has 0 aliphatic rings. The number of hydrogen-bond acceptors (Lipinski definition) is 4. The van der Waals surface area contributed by atoms with Gasteiger partial charge in [-0.25, -0.2) is 9.59 Å². The predicted octanol–water partition coefficient (Wildman–Crippen LogP) is 0.959. The van der Waals surface area contributed by atoms with Gasteiger partial charge in [0, 0.05) is 25.8 Å². The summed E-state index contributed by atoms with van der Waals surface area (Å²) in [5.74, 6) is -1.06. The quantitative estimate of drug-likeness (QED) is 0.611. The van der Waals surface area contributed by atoms with Gasteiger partial charge in [0.1, 0.15) is 6.04 Å². The summed E-state index contributed by atoms with van der Waals surface area (Å²) in [6.45, 7) is 0.745.